The molecule has 0 aromatic heterocycles. The zero-order valence-corrected chi connectivity index (χ0v) is 30.3. The van der Waals surface area contributed by atoms with Gasteiger partial charge in [0.1, 0.15) is 6.54 Å². The van der Waals surface area contributed by atoms with E-state index >= 15 is 0 Å². The fourth-order valence-electron chi connectivity index (χ4n) is 6.19. The lowest BCUT2D eigenvalue weighted by atomic mass is 9.85. The van der Waals surface area contributed by atoms with E-state index in [1.165, 1.54) is 30.9 Å². The molecule has 53 heavy (non-hydrogen) atoms. The van der Waals surface area contributed by atoms with E-state index in [9.17, 15) is 29.7 Å². The predicted molar refractivity (Wildman–Crippen MR) is 193 cm³/mol. The first-order chi connectivity index (χ1) is 25.5. The third kappa shape index (κ3) is 17.0. The van der Waals surface area contributed by atoms with Crippen LogP contribution in [0.3, 0.4) is 0 Å². The maximum Gasteiger partial charge on any atom is 0.330 e. The topological polar surface area (TPSA) is 205 Å². The Labute approximate surface area is 310 Å². The number of carbonyl (C=O) groups is 3. The summed E-state index contributed by atoms with van der Waals surface area (Å²) in [7, 11) is 1.40. The van der Waals surface area contributed by atoms with Crippen LogP contribution in [-0.2, 0) is 30.4 Å². The first kappa shape index (κ1) is 43.3. The van der Waals surface area contributed by atoms with Gasteiger partial charge in [-0.05, 0) is 105 Å². The van der Waals surface area contributed by atoms with Gasteiger partial charge in [0.05, 0.1) is 44.0 Å². The molecule has 0 heterocycles. The van der Waals surface area contributed by atoms with Gasteiger partial charge in [-0.15, -0.1) is 0 Å². The van der Waals surface area contributed by atoms with Crippen LogP contribution in [0.1, 0.15) is 75.3 Å². The van der Waals surface area contributed by atoms with Gasteiger partial charge < -0.3 is 34.8 Å². The fraction of sp³-hybridized carbons (Fsp3) is 0.513. The molecule has 1 amide bonds. The Morgan fingerprint density at radius 3 is 2.45 bits per heavy atom. The number of nitrogens with one attached hydrogen (secondary N) is 1. The molecule has 1 aliphatic rings. The lowest BCUT2D eigenvalue weighted by molar-refractivity contribution is -0.492. The third-order valence-corrected chi connectivity index (χ3v) is 9.06. The molecule has 2 aromatic rings. The number of allylic oxidation sites excluding steroid dienone is 2. The third-order valence-electron chi connectivity index (χ3n) is 9.06. The minimum atomic E-state index is -0.685. The minimum absolute atomic E-state index is 0.0513. The van der Waals surface area contributed by atoms with Gasteiger partial charge in [-0.3, -0.25) is 20.0 Å². The summed E-state index contributed by atoms with van der Waals surface area (Å²) in [6.07, 6.45) is 10.9. The predicted octanol–water partition coefficient (Wildman–Crippen LogP) is 4.31. The average Bonchev–Trinajstić information content (AvgIpc) is 3.42. The van der Waals surface area contributed by atoms with E-state index in [4.69, 9.17) is 24.6 Å². The Hall–Kier alpha value is -4.15. The molecule has 1 fully saturated rings. The van der Waals surface area contributed by atoms with Gasteiger partial charge >= 0.3 is 11.9 Å². The highest BCUT2D eigenvalue weighted by Crippen LogP contribution is 2.38. The highest BCUT2D eigenvalue weighted by Gasteiger charge is 2.40. The number of esters is 2. The normalized spacial score (nSPS) is 19.2. The molecule has 0 unspecified atom stereocenters. The van der Waals surface area contributed by atoms with Crippen molar-refractivity contribution in [2.45, 2.75) is 88.9 Å². The monoisotopic (exact) mass is 742 g/mol. The van der Waals surface area contributed by atoms with Crippen molar-refractivity contribution in [3.63, 3.8) is 0 Å². The Bertz CT molecular complexity index is 1450. The van der Waals surface area contributed by atoms with Crippen LogP contribution < -0.4 is 14.8 Å². The van der Waals surface area contributed by atoms with Gasteiger partial charge in [0.15, 0.2) is 11.5 Å². The molecule has 292 valence electrons. The van der Waals surface area contributed by atoms with Crippen LogP contribution in [0.5, 0.6) is 11.5 Å². The molecular formula is C39H54N2O12. The number of amides is 1. The Balaban J connectivity index is 1.31. The minimum Gasteiger partial charge on any atom is -0.493 e. The summed E-state index contributed by atoms with van der Waals surface area (Å²) in [5.41, 5.74) is 1.77. The molecular weight excluding hydrogens is 688 g/mol. The Morgan fingerprint density at radius 1 is 0.943 bits per heavy atom. The number of methoxy groups -OCH3 is 1. The number of hydrogen-bond acceptors (Lipinski definition) is 13. The van der Waals surface area contributed by atoms with Crippen LogP contribution in [0, 0.1) is 11.8 Å². The zero-order valence-electron chi connectivity index (χ0n) is 30.3. The molecule has 0 radical (unpaired) electrons. The van der Waals surface area contributed by atoms with Crippen molar-refractivity contribution in [1.29, 1.82) is 0 Å². The molecule has 1 saturated carbocycles. The quantitative estimate of drug-likeness (QED) is 0.0222. The number of nitrogens with zero attached hydrogens (tertiary/aromatic N) is 1. The molecule has 3 rings (SSSR count). The molecule has 14 heteroatoms. The SMILES string of the molecule is COc1cc(/C=C/C(=O)OCCCCON(O)O)ccc1OC(=O)CNC(=O)CCC/C=C\C[C@@H]1[C@@H](CC[C@@H](O)CCc2ccccc2)[C@H](O)C[C@@H]1O. The van der Waals surface area contributed by atoms with Crippen LogP contribution in [0.15, 0.2) is 66.8 Å². The molecule has 1 aliphatic carbocycles. The molecule has 5 atom stereocenters. The highest BCUT2D eigenvalue weighted by atomic mass is 17.1. The number of ether oxygens (including phenoxy) is 3. The standard InChI is InChI=1S/C39H54N2O12/c1-50-36-25-29(17-22-38(46)51-23-9-10-24-52-41(48)49)16-21-35(36)53-39(47)27-40-37(45)14-8-3-2-7-13-31-32(34(44)26-33(31)43)20-19-30(42)18-15-28-11-5-4-6-12-28/h2,4-7,11-12,16-17,21-22,25,30-34,42-44,48-49H,3,8-10,13-15,18-20,23-24,26-27H2,1H3,(H,40,45)/b7-2-,22-17+/t30-,31+,32+,33-,34+/m0/s1. The molecule has 6 N–H and O–H groups in total. The van der Waals surface area contributed by atoms with E-state index in [1.807, 2.05) is 42.5 Å². The number of rotatable bonds is 24. The molecule has 2 aromatic carbocycles. The number of aryl methyl sites for hydroxylation is 1. The maximum atomic E-state index is 12.4. The summed E-state index contributed by atoms with van der Waals surface area (Å²) >= 11 is 0. The summed E-state index contributed by atoms with van der Waals surface area (Å²) in [4.78, 5) is 41.1. The van der Waals surface area contributed by atoms with Crippen LogP contribution in [-0.4, -0.2) is 94.1 Å². The zero-order chi connectivity index (χ0) is 38.4. The highest BCUT2D eigenvalue weighted by molar-refractivity contribution is 5.87. The summed E-state index contributed by atoms with van der Waals surface area (Å²) in [6.45, 7) is -0.158. The number of aliphatic hydroxyl groups excluding tert-OH is 3. The van der Waals surface area contributed by atoms with Crippen molar-refractivity contribution in [1.82, 2.24) is 10.7 Å². The van der Waals surface area contributed by atoms with Crippen LogP contribution >= 0.6 is 0 Å². The van der Waals surface area contributed by atoms with Crippen molar-refractivity contribution < 1.29 is 59.2 Å². The fourth-order valence-corrected chi connectivity index (χ4v) is 6.19. The summed E-state index contributed by atoms with van der Waals surface area (Å²) in [5, 5.41) is 50.7. The van der Waals surface area contributed by atoms with Gasteiger partial charge in [0.2, 0.25) is 5.91 Å². The number of aliphatic hydroxyl groups is 3. The van der Waals surface area contributed by atoms with E-state index < -0.39 is 30.3 Å². The summed E-state index contributed by atoms with van der Waals surface area (Å²) in [6, 6.07) is 14.7. The second kappa shape index (κ2) is 24.2. The van der Waals surface area contributed by atoms with E-state index in [0.717, 1.165) is 6.42 Å². The lowest BCUT2D eigenvalue weighted by Crippen LogP contribution is -2.31. The number of unbranched alkanes of at least 4 members (excludes halogenated alkanes) is 2. The van der Waals surface area contributed by atoms with Crippen molar-refractivity contribution in [3.05, 3.63) is 77.9 Å². The number of carbonyl (C=O) groups excluding carboxylic acids is 3. The second-order valence-corrected chi connectivity index (χ2v) is 13.0. The van der Waals surface area contributed by atoms with Gasteiger partial charge in [0, 0.05) is 12.5 Å². The van der Waals surface area contributed by atoms with Crippen molar-refractivity contribution in [2.24, 2.45) is 11.8 Å². The van der Waals surface area contributed by atoms with Gasteiger partial charge in [0.25, 0.3) is 0 Å². The van der Waals surface area contributed by atoms with Gasteiger partial charge in [-0.2, -0.15) is 0 Å². The van der Waals surface area contributed by atoms with Crippen molar-refractivity contribution in [2.75, 3.05) is 26.9 Å². The average molecular weight is 743 g/mol. The van der Waals surface area contributed by atoms with Crippen LogP contribution in [0.25, 0.3) is 6.08 Å². The maximum absolute atomic E-state index is 12.4. The van der Waals surface area contributed by atoms with Crippen LogP contribution in [0.2, 0.25) is 0 Å². The smallest absolute Gasteiger partial charge is 0.330 e. The molecule has 0 aliphatic heterocycles. The number of hydrogen-bond donors (Lipinski definition) is 6. The van der Waals surface area contributed by atoms with E-state index in [2.05, 4.69) is 10.2 Å². The lowest BCUT2D eigenvalue weighted by Gasteiger charge is -2.23. The van der Waals surface area contributed by atoms with E-state index in [-0.39, 0.29) is 60.8 Å². The van der Waals surface area contributed by atoms with E-state index in [0.29, 0.717) is 63.4 Å². The molecule has 0 spiro atoms. The first-order valence-corrected chi connectivity index (χ1v) is 18.1. The van der Waals surface area contributed by atoms with Crippen molar-refractivity contribution in [3.8, 4) is 11.5 Å². The van der Waals surface area contributed by atoms with Crippen LogP contribution in [0.4, 0.5) is 0 Å². The summed E-state index contributed by atoms with van der Waals surface area (Å²) in [5.74, 6) is -1.35. The molecule has 0 saturated heterocycles. The van der Waals surface area contributed by atoms with Gasteiger partial charge in [-0.25, -0.2) is 9.59 Å². The number of benzene rings is 2. The Morgan fingerprint density at radius 2 is 1.70 bits per heavy atom. The van der Waals surface area contributed by atoms with Gasteiger partial charge in [-0.1, -0.05) is 48.6 Å². The molecule has 0 bridgehead atoms. The second-order valence-electron chi connectivity index (χ2n) is 13.0. The van der Waals surface area contributed by atoms with E-state index in [1.54, 1.807) is 12.1 Å². The molecule has 14 nitrogen and oxygen atoms in total. The first-order valence-electron chi connectivity index (χ1n) is 18.1. The Kier molecular flexibility index (Phi) is 19.8. The largest absolute Gasteiger partial charge is 0.493 e. The summed E-state index contributed by atoms with van der Waals surface area (Å²) < 4.78 is 15.7. The van der Waals surface area contributed by atoms with Crippen molar-refractivity contribution >= 4 is 23.9 Å².